The van der Waals surface area contributed by atoms with Gasteiger partial charge in [0.05, 0.1) is 17.6 Å². The predicted molar refractivity (Wildman–Crippen MR) is 238 cm³/mol. The molecule has 0 spiro atoms. The summed E-state index contributed by atoms with van der Waals surface area (Å²) in [6, 6.07) is 67.4. The van der Waals surface area contributed by atoms with Gasteiger partial charge in [0, 0.05) is 38.4 Å². The van der Waals surface area contributed by atoms with Gasteiger partial charge in [-0.25, -0.2) is 9.98 Å². The number of fused-ring (bicyclic) bond motifs is 6. The molecule has 0 bridgehead atoms. The van der Waals surface area contributed by atoms with Crippen LogP contribution in [0.2, 0.25) is 0 Å². The van der Waals surface area contributed by atoms with Crippen molar-refractivity contribution in [3.63, 3.8) is 0 Å². The van der Waals surface area contributed by atoms with Crippen molar-refractivity contribution < 1.29 is 4.42 Å². The van der Waals surface area contributed by atoms with Crippen LogP contribution in [-0.2, 0) is 6.54 Å². The van der Waals surface area contributed by atoms with Crippen LogP contribution in [0.5, 0.6) is 0 Å². The Bertz CT molecular complexity index is 3150. The van der Waals surface area contributed by atoms with E-state index in [0.717, 1.165) is 72.0 Å². The number of hydrogen-bond donors (Lipinski definition) is 0. The van der Waals surface area contributed by atoms with Gasteiger partial charge in [0.1, 0.15) is 11.2 Å². The number of aliphatic imine (C=N–C) groups is 3. The molecule has 2 aromatic heterocycles. The molecular formula is C52H36N4O. The zero-order chi connectivity index (χ0) is 38.1. The Labute approximate surface area is 330 Å². The van der Waals surface area contributed by atoms with Gasteiger partial charge in [0.15, 0.2) is 11.7 Å². The van der Waals surface area contributed by atoms with Crippen molar-refractivity contribution in [2.45, 2.75) is 6.54 Å². The molecule has 0 radical (unpaired) electrons. The van der Waals surface area contributed by atoms with Crippen LogP contribution in [0.25, 0.3) is 71.7 Å². The predicted octanol–water partition coefficient (Wildman–Crippen LogP) is 13.1. The van der Waals surface area contributed by atoms with Crippen molar-refractivity contribution in [3.8, 4) is 27.9 Å². The fourth-order valence-electron chi connectivity index (χ4n) is 7.87. The van der Waals surface area contributed by atoms with Crippen molar-refractivity contribution in [1.29, 1.82) is 0 Å². The monoisotopic (exact) mass is 732 g/mol. The lowest BCUT2D eigenvalue weighted by atomic mass is 9.98. The van der Waals surface area contributed by atoms with Gasteiger partial charge in [-0.3, -0.25) is 4.99 Å². The standard InChI is InChI=1S/C52H36N4O/c1-53-51(37-16-6-3-7-17-37)55-52(54-34-35-14-4-2-5-15-35)44-21-9-8-18-41(44)36-24-28-40(29-25-36)56-47-22-12-10-19-42(47)45-32-38(26-30-48(45)56)39-27-31-50-46(33-39)43-20-11-13-23-49(43)57-50/h2-33H,1,34H2. The molecule has 0 atom stereocenters. The second-order valence-corrected chi connectivity index (χ2v) is 14.1. The van der Waals surface area contributed by atoms with E-state index >= 15 is 0 Å². The summed E-state index contributed by atoms with van der Waals surface area (Å²) in [5, 5.41) is 4.67. The molecule has 0 aliphatic carbocycles. The molecule has 8 aromatic carbocycles. The van der Waals surface area contributed by atoms with E-state index in [1.807, 2.05) is 66.7 Å². The lowest BCUT2D eigenvalue weighted by molar-refractivity contribution is 0.669. The lowest BCUT2D eigenvalue weighted by Crippen LogP contribution is -2.07. The molecule has 10 rings (SSSR count). The minimum absolute atomic E-state index is 0.483. The number of aromatic nitrogens is 1. The molecule has 5 nitrogen and oxygen atoms in total. The lowest BCUT2D eigenvalue weighted by Gasteiger charge is -2.13. The van der Waals surface area contributed by atoms with Crippen molar-refractivity contribution in [2.75, 3.05) is 0 Å². The van der Waals surface area contributed by atoms with E-state index in [1.54, 1.807) is 0 Å². The average Bonchev–Trinajstić information content (AvgIpc) is 3.82. The third-order valence-electron chi connectivity index (χ3n) is 10.6. The minimum atomic E-state index is 0.483. The van der Waals surface area contributed by atoms with Crippen molar-refractivity contribution in [2.24, 2.45) is 15.0 Å². The fraction of sp³-hybridized carbons (Fsp3) is 0.0192. The van der Waals surface area contributed by atoms with Gasteiger partial charge < -0.3 is 8.98 Å². The van der Waals surface area contributed by atoms with Crippen molar-refractivity contribution >= 4 is 62.1 Å². The Balaban J connectivity index is 1.05. The number of benzene rings is 8. The van der Waals surface area contributed by atoms with Gasteiger partial charge in [-0.2, -0.15) is 0 Å². The van der Waals surface area contributed by atoms with Gasteiger partial charge in [0.2, 0.25) is 0 Å². The zero-order valence-corrected chi connectivity index (χ0v) is 31.1. The number of hydrogen-bond acceptors (Lipinski definition) is 2. The van der Waals surface area contributed by atoms with E-state index < -0.39 is 0 Å². The van der Waals surface area contributed by atoms with Gasteiger partial charge in [0.25, 0.3) is 0 Å². The van der Waals surface area contributed by atoms with Crippen molar-refractivity contribution in [3.05, 3.63) is 211 Å². The molecule has 0 amide bonds. The average molecular weight is 733 g/mol. The Kier molecular flexibility index (Phi) is 8.65. The van der Waals surface area contributed by atoms with Crippen LogP contribution in [-0.4, -0.2) is 23.0 Å². The van der Waals surface area contributed by atoms with E-state index in [2.05, 4.69) is 144 Å². The van der Waals surface area contributed by atoms with E-state index in [-0.39, 0.29) is 0 Å². The van der Waals surface area contributed by atoms with Crippen LogP contribution in [0.1, 0.15) is 16.7 Å². The van der Waals surface area contributed by atoms with Crippen LogP contribution >= 0.6 is 0 Å². The van der Waals surface area contributed by atoms with Crippen LogP contribution < -0.4 is 0 Å². The van der Waals surface area contributed by atoms with E-state index in [9.17, 15) is 0 Å². The number of rotatable bonds is 7. The van der Waals surface area contributed by atoms with E-state index in [4.69, 9.17) is 14.4 Å². The molecule has 0 saturated heterocycles. The highest BCUT2D eigenvalue weighted by Gasteiger charge is 2.17. The van der Waals surface area contributed by atoms with E-state index in [1.165, 1.54) is 16.3 Å². The Morgan fingerprint density at radius 1 is 0.491 bits per heavy atom. The molecule has 2 heterocycles. The maximum absolute atomic E-state index is 6.12. The number of amidine groups is 2. The first-order valence-electron chi connectivity index (χ1n) is 19.1. The molecule has 0 fully saturated rings. The molecule has 0 aliphatic heterocycles. The molecular weight excluding hydrogens is 697 g/mol. The summed E-state index contributed by atoms with van der Waals surface area (Å²) in [6.07, 6.45) is 0. The first-order valence-corrected chi connectivity index (χ1v) is 19.1. The smallest absolute Gasteiger partial charge is 0.161 e. The summed E-state index contributed by atoms with van der Waals surface area (Å²) in [7, 11) is 0. The highest BCUT2D eigenvalue weighted by atomic mass is 16.3. The van der Waals surface area contributed by atoms with E-state index in [0.29, 0.717) is 18.2 Å². The van der Waals surface area contributed by atoms with Gasteiger partial charge >= 0.3 is 0 Å². The van der Waals surface area contributed by atoms with Crippen molar-refractivity contribution in [1.82, 2.24) is 4.57 Å². The summed E-state index contributed by atoms with van der Waals surface area (Å²) >= 11 is 0. The third kappa shape index (κ3) is 6.31. The van der Waals surface area contributed by atoms with Crippen LogP contribution in [0.15, 0.2) is 214 Å². The molecule has 0 aliphatic rings. The van der Waals surface area contributed by atoms with Crippen LogP contribution in [0.3, 0.4) is 0 Å². The second-order valence-electron chi connectivity index (χ2n) is 14.1. The SMILES string of the molecule is C=NC(=NC(=NCc1ccccc1)c1ccccc1-c1ccc(-n2c3ccccc3c3cc(-c4ccc5oc6ccccc6c5c4)ccc32)cc1)c1ccccc1. The zero-order valence-electron chi connectivity index (χ0n) is 31.1. The first kappa shape index (κ1) is 33.9. The third-order valence-corrected chi connectivity index (χ3v) is 10.6. The van der Waals surface area contributed by atoms with Gasteiger partial charge in [-0.05, 0) is 83.1 Å². The summed E-state index contributed by atoms with van der Waals surface area (Å²) in [4.78, 5) is 14.4. The Hall–Kier alpha value is -7.63. The minimum Gasteiger partial charge on any atom is -0.456 e. The summed E-state index contributed by atoms with van der Waals surface area (Å²) in [6.45, 7) is 4.34. The summed E-state index contributed by atoms with van der Waals surface area (Å²) in [5.74, 6) is 1.13. The molecule has 0 saturated carbocycles. The molecule has 57 heavy (non-hydrogen) atoms. The molecule has 10 aromatic rings. The molecule has 0 N–H and O–H groups in total. The Morgan fingerprint density at radius 2 is 1.11 bits per heavy atom. The normalized spacial score (nSPS) is 12.2. The quantitative estimate of drug-likeness (QED) is 0.119. The topological polar surface area (TPSA) is 55.1 Å². The fourth-order valence-corrected chi connectivity index (χ4v) is 7.87. The largest absolute Gasteiger partial charge is 0.456 e. The number of para-hydroxylation sites is 2. The first-order chi connectivity index (χ1) is 28.2. The molecule has 0 unspecified atom stereocenters. The number of furan rings is 1. The summed E-state index contributed by atoms with van der Waals surface area (Å²) < 4.78 is 8.48. The Morgan fingerprint density at radius 3 is 1.91 bits per heavy atom. The molecule has 270 valence electrons. The van der Waals surface area contributed by atoms with Crippen LogP contribution in [0.4, 0.5) is 0 Å². The van der Waals surface area contributed by atoms with Gasteiger partial charge in [-0.1, -0.05) is 146 Å². The maximum Gasteiger partial charge on any atom is 0.161 e. The highest BCUT2D eigenvalue weighted by Crippen LogP contribution is 2.38. The van der Waals surface area contributed by atoms with Crippen LogP contribution in [0, 0.1) is 0 Å². The second kappa shape index (κ2) is 14.5. The highest BCUT2D eigenvalue weighted by molar-refractivity contribution is 6.15. The maximum atomic E-state index is 6.12. The molecule has 5 heteroatoms. The van der Waals surface area contributed by atoms with Gasteiger partial charge in [-0.15, -0.1) is 0 Å². The number of nitrogens with zero attached hydrogens (tertiary/aromatic N) is 4. The summed E-state index contributed by atoms with van der Waals surface area (Å²) in [5.41, 5.74) is 12.5.